The van der Waals surface area contributed by atoms with E-state index >= 15 is 0 Å². The van der Waals surface area contributed by atoms with Gasteiger partial charge in [0.1, 0.15) is 0 Å². The third kappa shape index (κ3) is 1.46. The Morgan fingerprint density at radius 2 is 2.29 bits per heavy atom. The van der Waals surface area contributed by atoms with Crippen LogP contribution in [0.1, 0.15) is 24.4 Å². The zero-order valence-corrected chi connectivity index (χ0v) is 9.06. The quantitative estimate of drug-likeness (QED) is 0.814. The number of fused-ring (bicyclic) bond motifs is 1. The molecule has 86 valence electrons. The molecule has 1 unspecified atom stereocenters. The van der Waals surface area contributed by atoms with Crippen molar-refractivity contribution in [3.63, 3.8) is 0 Å². The molecule has 0 bridgehead atoms. The maximum absolute atomic E-state index is 11.0. The maximum Gasteiger partial charge on any atom is 0.417 e. The minimum absolute atomic E-state index is 0.310. The summed E-state index contributed by atoms with van der Waals surface area (Å²) in [7, 11) is 0. The van der Waals surface area contributed by atoms with E-state index < -0.39 is 11.2 Å². The first-order valence-corrected chi connectivity index (χ1v) is 5.44. The molecule has 0 amide bonds. The van der Waals surface area contributed by atoms with Crippen LogP contribution in [0.3, 0.4) is 0 Å². The highest BCUT2D eigenvalue weighted by Gasteiger charge is 2.49. The molecule has 0 saturated heterocycles. The van der Waals surface area contributed by atoms with Gasteiger partial charge in [-0.05, 0) is 30.5 Å². The van der Waals surface area contributed by atoms with E-state index in [4.69, 9.17) is 15.4 Å². The number of aromatic nitrogens is 1. The van der Waals surface area contributed by atoms with Crippen molar-refractivity contribution in [2.24, 2.45) is 11.1 Å². The molecule has 1 aliphatic carbocycles. The number of benzene rings is 1. The van der Waals surface area contributed by atoms with Gasteiger partial charge in [-0.1, -0.05) is 6.07 Å². The molecule has 1 saturated carbocycles. The van der Waals surface area contributed by atoms with Gasteiger partial charge in [-0.3, -0.25) is 4.98 Å². The van der Waals surface area contributed by atoms with Gasteiger partial charge >= 0.3 is 5.76 Å². The van der Waals surface area contributed by atoms with E-state index in [0.717, 1.165) is 18.4 Å². The fourth-order valence-corrected chi connectivity index (χ4v) is 2.11. The first kappa shape index (κ1) is 10.1. The third-order valence-corrected chi connectivity index (χ3v) is 3.41. The first-order chi connectivity index (χ1) is 8.14. The Morgan fingerprint density at radius 3 is 2.94 bits per heavy atom. The molecular weight excluding hydrogens is 218 g/mol. The second-order valence-corrected chi connectivity index (χ2v) is 4.52. The lowest BCUT2D eigenvalue weighted by Crippen LogP contribution is -2.21. The molecule has 0 spiro atoms. The van der Waals surface area contributed by atoms with Gasteiger partial charge in [0.25, 0.3) is 0 Å². The largest absolute Gasteiger partial charge is 0.417 e. The van der Waals surface area contributed by atoms with E-state index in [1.165, 1.54) is 0 Å². The molecule has 5 nitrogen and oxygen atoms in total. The molecule has 1 fully saturated rings. The minimum atomic E-state index is -0.480. The Morgan fingerprint density at radius 1 is 1.53 bits per heavy atom. The Hall–Kier alpha value is -2.06. The van der Waals surface area contributed by atoms with Crippen LogP contribution in [-0.4, -0.2) is 4.98 Å². The van der Waals surface area contributed by atoms with Crippen LogP contribution < -0.4 is 11.5 Å². The summed E-state index contributed by atoms with van der Waals surface area (Å²) in [6.07, 6.45) is 1.68. The minimum Gasteiger partial charge on any atom is -0.408 e. The highest BCUT2D eigenvalue weighted by molar-refractivity contribution is 5.73. The lowest BCUT2D eigenvalue weighted by molar-refractivity contribution is 0.519. The maximum atomic E-state index is 11.0. The number of oxazole rings is 1. The molecule has 1 heterocycles. The van der Waals surface area contributed by atoms with Crippen molar-refractivity contribution in [1.82, 2.24) is 4.98 Å². The van der Waals surface area contributed by atoms with Crippen LogP contribution in [0.2, 0.25) is 0 Å². The summed E-state index contributed by atoms with van der Waals surface area (Å²) in [6.45, 7) is 0. The number of nitrogens with one attached hydrogen (secondary N) is 1. The number of hydrogen-bond acceptors (Lipinski definition) is 4. The van der Waals surface area contributed by atoms with Gasteiger partial charge in [-0.2, -0.15) is 5.26 Å². The Bertz CT molecular complexity index is 673. The van der Waals surface area contributed by atoms with Crippen molar-refractivity contribution >= 4 is 11.1 Å². The molecule has 0 aliphatic heterocycles. The molecule has 1 aromatic heterocycles. The van der Waals surface area contributed by atoms with E-state index in [2.05, 4.69) is 11.1 Å². The number of H-pyrrole nitrogens is 1. The van der Waals surface area contributed by atoms with E-state index in [1.807, 2.05) is 0 Å². The average Bonchev–Trinajstić information content (AvgIpc) is 3.03. The topological polar surface area (TPSA) is 95.8 Å². The molecule has 1 aromatic carbocycles. The number of rotatable bonds is 2. The highest BCUT2D eigenvalue weighted by atomic mass is 16.4. The smallest absolute Gasteiger partial charge is 0.408 e. The van der Waals surface area contributed by atoms with E-state index in [-0.39, 0.29) is 6.04 Å². The number of nitrogens with zero attached hydrogens (tertiary/aromatic N) is 1. The van der Waals surface area contributed by atoms with Gasteiger partial charge in [0.2, 0.25) is 0 Å². The van der Waals surface area contributed by atoms with Crippen LogP contribution in [0.5, 0.6) is 0 Å². The molecule has 5 heteroatoms. The number of nitriles is 1. The molecule has 0 radical (unpaired) electrons. The van der Waals surface area contributed by atoms with Crippen LogP contribution >= 0.6 is 0 Å². The fourth-order valence-electron chi connectivity index (χ4n) is 2.11. The van der Waals surface area contributed by atoms with Crippen molar-refractivity contribution in [1.29, 1.82) is 5.26 Å². The van der Waals surface area contributed by atoms with Crippen molar-refractivity contribution < 1.29 is 4.42 Å². The zero-order valence-electron chi connectivity index (χ0n) is 9.06. The molecular formula is C12H11N3O2. The van der Waals surface area contributed by atoms with Gasteiger partial charge in [0, 0.05) is 6.04 Å². The monoisotopic (exact) mass is 229 g/mol. The molecule has 17 heavy (non-hydrogen) atoms. The Labute approximate surface area is 96.8 Å². The molecule has 1 aliphatic rings. The first-order valence-electron chi connectivity index (χ1n) is 5.44. The summed E-state index contributed by atoms with van der Waals surface area (Å²) in [5, 5.41) is 9.10. The summed E-state index contributed by atoms with van der Waals surface area (Å²) >= 11 is 0. The molecule has 2 aromatic rings. The molecule has 3 rings (SSSR count). The predicted molar refractivity (Wildman–Crippen MR) is 61.0 cm³/mol. The average molecular weight is 229 g/mol. The standard InChI is InChI=1S/C12H11N3O2/c13-6-12(3-4-12)10(14)7-1-2-9-8(5-7)15-11(16)17-9/h1-2,5,10H,3-4,14H2,(H,15,16). The van der Waals surface area contributed by atoms with Crippen LogP contribution in [-0.2, 0) is 0 Å². The summed E-state index contributed by atoms with van der Waals surface area (Å²) in [5.74, 6) is -0.480. The lowest BCUT2D eigenvalue weighted by Gasteiger charge is -2.16. The molecule has 1 atom stereocenters. The van der Waals surface area contributed by atoms with Gasteiger partial charge < -0.3 is 10.2 Å². The number of aromatic amines is 1. The number of nitrogens with two attached hydrogens (primary N) is 1. The normalized spacial score (nSPS) is 18.8. The lowest BCUT2D eigenvalue weighted by atomic mass is 9.92. The van der Waals surface area contributed by atoms with Crippen LogP contribution in [0, 0.1) is 16.7 Å². The Kier molecular flexibility index (Phi) is 1.91. The fraction of sp³-hybridized carbons (Fsp3) is 0.333. The Balaban J connectivity index is 2.06. The zero-order chi connectivity index (χ0) is 12.0. The van der Waals surface area contributed by atoms with Gasteiger partial charge in [-0.25, -0.2) is 4.79 Å². The van der Waals surface area contributed by atoms with Crippen molar-refractivity contribution in [3.8, 4) is 6.07 Å². The van der Waals surface area contributed by atoms with E-state index in [0.29, 0.717) is 11.1 Å². The van der Waals surface area contributed by atoms with E-state index in [9.17, 15) is 4.79 Å². The second-order valence-electron chi connectivity index (χ2n) is 4.52. The van der Waals surface area contributed by atoms with E-state index in [1.54, 1.807) is 18.2 Å². The van der Waals surface area contributed by atoms with Crippen LogP contribution in [0.15, 0.2) is 27.4 Å². The van der Waals surface area contributed by atoms with Gasteiger partial charge in [-0.15, -0.1) is 0 Å². The SMILES string of the molecule is N#CC1(C(N)c2ccc3oc(=O)[nH]c3c2)CC1. The second kappa shape index (κ2) is 3.22. The number of hydrogen-bond donors (Lipinski definition) is 2. The highest BCUT2D eigenvalue weighted by Crippen LogP contribution is 2.53. The van der Waals surface area contributed by atoms with Gasteiger partial charge in [0.05, 0.1) is 17.0 Å². The summed E-state index contributed by atoms with van der Waals surface area (Å²) in [6, 6.07) is 7.26. The summed E-state index contributed by atoms with van der Waals surface area (Å²) in [5.41, 5.74) is 7.66. The molecule has 3 N–H and O–H groups in total. The van der Waals surface area contributed by atoms with Crippen molar-refractivity contribution in [2.45, 2.75) is 18.9 Å². The predicted octanol–water partition coefficient (Wildman–Crippen LogP) is 1.42. The van der Waals surface area contributed by atoms with Crippen molar-refractivity contribution in [2.75, 3.05) is 0 Å². The van der Waals surface area contributed by atoms with Crippen molar-refractivity contribution in [3.05, 3.63) is 34.3 Å². The van der Waals surface area contributed by atoms with Crippen LogP contribution in [0.25, 0.3) is 11.1 Å². The van der Waals surface area contributed by atoms with Gasteiger partial charge in [0.15, 0.2) is 5.58 Å². The third-order valence-electron chi connectivity index (χ3n) is 3.41. The van der Waals surface area contributed by atoms with Crippen LogP contribution in [0.4, 0.5) is 0 Å². The summed E-state index contributed by atoms with van der Waals surface area (Å²) in [4.78, 5) is 13.6. The summed E-state index contributed by atoms with van der Waals surface area (Å²) < 4.78 is 4.91.